The van der Waals surface area contributed by atoms with Crippen molar-refractivity contribution in [1.29, 1.82) is 0 Å². The number of rotatable bonds is 6. The topological polar surface area (TPSA) is 53.1 Å². The van der Waals surface area contributed by atoms with Gasteiger partial charge in [-0.25, -0.2) is 0 Å². The molecule has 2 saturated heterocycles. The Morgan fingerprint density at radius 2 is 1.80 bits per heavy atom. The maximum absolute atomic E-state index is 12.7. The van der Waals surface area contributed by atoms with Gasteiger partial charge in [-0.1, -0.05) is 18.2 Å². The van der Waals surface area contributed by atoms with Crippen LogP contribution in [-0.4, -0.2) is 78.9 Å². The highest BCUT2D eigenvalue weighted by Gasteiger charge is 2.35. The lowest BCUT2D eigenvalue weighted by Crippen LogP contribution is -2.64. The molecule has 3 aliphatic rings. The summed E-state index contributed by atoms with van der Waals surface area (Å²) in [6.45, 7) is 8.08. The van der Waals surface area contributed by atoms with Crippen molar-refractivity contribution in [2.45, 2.75) is 24.8 Å². The number of hydrogen-bond donors (Lipinski definition) is 0. The van der Waals surface area contributed by atoms with Gasteiger partial charge in [0.25, 0.3) is 0 Å². The van der Waals surface area contributed by atoms with Gasteiger partial charge in [-0.05, 0) is 48.6 Å². The summed E-state index contributed by atoms with van der Waals surface area (Å²) < 4.78 is 5.45. The quantitative estimate of drug-likeness (QED) is 0.652. The molecule has 0 bridgehead atoms. The zero-order valence-electron chi connectivity index (χ0n) is 17.3. The van der Waals surface area contributed by atoms with Gasteiger partial charge in [-0.15, -0.1) is 0 Å². The molecule has 1 aromatic carbocycles. The number of methoxy groups -OCH3 is 1. The lowest BCUT2D eigenvalue weighted by Gasteiger charge is -2.47. The Morgan fingerprint density at radius 3 is 2.40 bits per heavy atom. The van der Waals surface area contributed by atoms with Crippen molar-refractivity contribution in [2.24, 2.45) is 0 Å². The number of nitrogens with zero attached hydrogens (tertiary/aromatic N) is 3. The first kappa shape index (κ1) is 20.9. The molecule has 0 N–H and O–H groups in total. The molecule has 1 aromatic rings. The minimum absolute atomic E-state index is 0.00679. The summed E-state index contributed by atoms with van der Waals surface area (Å²) in [6, 6.07) is 4.28. The Balaban J connectivity index is 1.32. The molecule has 160 valence electrons. The second-order valence-electron chi connectivity index (χ2n) is 8.19. The third-order valence-electron chi connectivity index (χ3n) is 6.26. The van der Waals surface area contributed by atoms with Crippen LogP contribution in [0.2, 0.25) is 5.02 Å². The van der Waals surface area contributed by atoms with Gasteiger partial charge in [-0.2, -0.15) is 0 Å². The van der Waals surface area contributed by atoms with Crippen LogP contribution in [0, 0.1) is 0 Å². The minimum atomic E-state index is -0.00679. The number of carbonyl (C=O) groups is 2. The van der Waals surface area contributed by atoms with E-state index >= 15 is 0 Å². The van der Waals surface area contributed by atoms with Gasteiger partial charge in [0.1, 0.15) is 5.75 Å². The number of carbonyl (C=O) groups excluding carboxylic acids is 2. The standard InChI is InChI=1S/C23H28ClN3O3/c1-3-22(28)27-14-18(15-27)25-8-10-26(11-9-25)23(29)7-6-17-12-19(16-4-5-16)20(24)13-21(17)30-2/h3,6-7,12-13,16,18H,1,4-5,8-11,14-15H2,2H3. The van der Waals surface area contributed by atoms with E-state index in [1.54, 1.807) is 18.1 Å². The third-order valence-corrected chi connectivity index (χ3v) is 6.59. The highest BCUT2D eigenvalue weighted by molar-refractivity contribution is 6.31. The van der Waals surface area contributed by atoms with Crippen LogP contribution in [0.1, 0.15) is 29.9 Å². The van der Waals surface area contributed by atoms with Gasteiger partial charge < -0.3 is 14.5 Å². The van der Waals surface area contributed by atoms with Crippen LogP contribution >= 0.6 is 11.6 Å². The van der Waals surface area contributed by atoms with Gasteiger partial charge in [0.05, 0.1) is 7.11 Å². The molecule has 7 heteroatoms. The van der Waals surface area contributed by atoms with Crippen LogP contribution in [0.25, 0.3) is 6.08 Å². The molecule has 0 radical (unpaired) electrons. The fourth-order valence-electron chi connectivity index (χ4n) is 4.17. The van der Waals surface area contributed by atoms with E-state index in [1.807, 2.05) is 23.1 Å². The summed E-state index contributed by atoms with van der Waals surface area (Å²) in [7, 11) is 1.62. The molecule has 0 aromatic heterocycles. The van der Waals surface area contributed by atoms with Crippen molar-refractivity contribution >= 4 is 29.5 Å². The van der Waals surface area contributed by atoms with Crippen LogP contribution in [0.5, 0.6) is 5.75 Å². The average molecular weight is 430 g/mol. The molecule has 0 atom stereocenters. The fourth-order valence-corrected chi connectivity index (χ4v) is 4.48. The molecule has 0 spiro atoms. The molecule has 2 heterocycles. The Kier molecular flexibility index (Phi) is 6.16. The first-order chi connectivity index (χ1) is 14.5. The number of amides is 2. The SMILES string of the molecule is C=CC(=O)N1CC(N2CCN(C(=O)C=Cc3cc(C4CC4)c(Cl)cc3OC)CC2)C1. The number of hydrogen-bond acceptors (Lipinski definition) is 4. The molecule has 30 heavy (non-hydrogen) atoms. The third kappa shape index (κ3) is 4.40. The summed E-state index contributed by atoms with van der Waals surface area (Å²) in [4.78, 5) is 30.3. The number of halogens is 1. The number of likely N-dealkylation sites (tertiary alicyclic amines) is 1. The smallest absolute Gasteiger partial charge is 0.246 e. The predicted octanol–water partition coefficient (Wildman–Crippen LogP) is 2.78. The lowest BCUT2D eigenvalue weighted by molar-refractivity contribution is -0.134. The van der Waals surface area contributed by atoms with Crippen molar-refractivity contribution < 1.29 is 14.3 Å². The lowest BCUT2D eigenvalue weighted by atomic mass is 10.0. The Bertz CT molecular complexity index is 867. The molecule has 2 amide bonds. The van der Waals surface area contributed by atoms with E-state index in [9.17, 15) is 9.59 Å². The van der Waals surface area contributed by atoms with Gasteiger partial charge in [-0.3, -0.25) is 14.5 Å². The van der Waals surface area contributed by atoms with E-state index in [2.05, 4.69) is 11.5 Å². The van der Waals surface area contributed by atoms with E-state index in [-0.39, 0.29) is 11.8 Å². The average Bonchev–Trinajstić information content (AvgIpc) is 3.56. The van der Waals surface area contributed by atoms with Crippen molar-refractivity contribution in [3.05, 3.63) is 47.0 Å². The van der Waals surface area contributed by atoms with Crippen molar-refractivity contribution in [3.8, 4) is 5.75 Å². The molecule has 6 nitrogen and oxygen atoms in total. The summed E-state index contributed by atoms with van der Waals surface area (Å²) in [5.74, 6) is 1.22. The number of ether oxygens (including phenoxy) is 1. The molecule has 3 fully saturated rings. The van der Waals surface area contributed by atoms with Gasteiger partial charge in [0, 0.05) is 62.0 Å². The highest BCUT2D eigenvalue weighted by atomic mass is 35.5. The van der Waals surface area contributed by atoms with Gasteiger partial charge in [0.2, 0.25) is 11.8 Å². The Labute approximate surface area is 182 Å². The predicted molar refractivity (Wildman–Crippen MR) is 118 cm³/mol. The van der Waals surface area contributed by atoms with E-state index in [4.69, 9.17) is 16.3 Å². The van der Waals surface area contributed by atoms with Crippen molar-refractivity contribution in [1.82, 2.24) is 14.7 Å². The molecule has 2 aliphatic heterocycles. The Hall–Kier alpha value is -2.31. The van der Waals surface area contributed by atoms with Gasteiger partial charge in [0.15, 0.2) is 0 Å². The molecule has 4 rings (SSSR count). The molecular weight excluding hydrogens is 402 g/mol. The first-order valence-electron chi connectivity index (χ1n) is 10.5. The fraction of sp³-hybridized carbons (Fsp3) is 0.478. The maximum Gasteiger partial charge on any atom is 0.246 e. The molecule has 1 saturated carbocycles. The van der Waals surface area contributed by atoms with Crippen LogP contribution in [0.15, 0.2) is 30.9 Å². The van der Waals surface area contributed by atoms with Crippen LogP contribution in [0.4, 0.5) is 0 Å². The summed E-state index contributed by atoms with van der Waals surface area (Å²) >= 11 is 6.38. The number of piperazine rings is 1. The van der Waals surface area contributed by atoms with E-state index in [0.29, 0.717) is 30.8 Å². The van der Waals surface area contributed by atoms with Crippen molar-refractivity contribution in [2.75, 3.05) is 46.4 Å². The van der Waals surface area contributed by atoms with Crippen LogP contribution in [0.3, 0.4) is 0 Å². The van der Waals surface area contributed by atoms with Crippen molar-refractivity contribution in [3.63, 3.8) is 0 Å². The summed E-state index contributed by atoms with van der Waals surface area (Å²) in [5.41, 5.74) is 2.03. The van der Waals surface area contributed by atoms with Gasteiger partial charge >= 0.3 is 0 Å². The molecule has 0 unspecified atom stereocenters. The zero-order chi connectivity index (χ0) is 21.3. The largest absolute Gasteiger partial charge is 0.496 e. The van der Waals surface area contributed by atoms with E-state index in [0.717, 1.165) is 42.3 Å². The monoisotopic (exact) mass is 429 g/mol. The zero-order valence-corrected chi connectivity index (χ0v) is 18.1. The van der Waals surface area contributed by atoms with E-state index < -0.39 is 0 Å². The van der Waals surface area contributed by atoms with Crippen LogP contribution < -0.4 is 4.74 Å². The summed E-state index contributed by atoms with van der Waals surface area (Å²) in [5, 5.41) is 0.735. The minimum Gasteiger partial charge on any atom is -0.496 e. The highest BCUT2D eigenvalue weighted by Crippen LogP contribution is 2.45. The second kappa shape index (κ2) is 8.82. The van der Waals surface area contributed by atoms with Crippen LogP contribution in [-0.2, 0) is 9.59 Å². The Morgan fingerprint density at radius 1 is 1.10 bits per heavy atom. The first-order valence-corrected chi connectivity index (χ1v) is 10.9. The maximum atomic E-state index is 12.7. The summed E-state index contributed by atoms with van der Waals surface area (Å²) in [6.07, 6.45) is 7.16. The normalized spacial score (nSPS) is 20.3. The molecule has 1 aliphatic carbocycles. The van der Waals surface area contributed by atoms with E-state index in [1.165, 1.54) is 18.9 Å². The number of benzene rings is 1. The second-order valence-corrected chi connectivity index (χ2v) is 8.59. The molecular formula is C23H28ClN3O3.